The zero-order chi connectivity index (χ0) is 17.4. The highest BCUT2D eigenvalue weighted by Gasteiger charge is 2.07. The van der Waals surface area contributed by atoms with Crippen LogP contribution in [-0.2, 0) is 4.79 Å². The largest absolute Gasteiger partial charge is 0.494 e. The number of amides is 1. The predicted molar refractivity (Wildman–Crippen MR) is 100 cm³/mol. The monoisotopic (exact) mass is 366 g/mol. The van der Waals surface area contributed by atoms with Gasteiger partial charge in [-0.25, -0.2) is 0 Å². The number of unbranched alkanes of at least 4 members (excludes halogenated alkanes) is 1. The Kier molecular flexibility index (Phi) is 7.22. The number of rotatable bonds is 8. The van der Waals surface area contributed by atoms with Crippen molar-refractivity contribution in [1.82, 2.24) is 0 Å². The van der Waals surface area contributed by atoms with Crippen LogP contribution in [0.5, 0.6) is 5.75 Å². The maximum atomic E-state index is 12.0. The van der Waals surface area contributed by atoms with Crippen molar-refractivity contribution in [2.45, 2.75) is 19.8 Å². The van der Waals surface area contributed by atoms with Crippen molar-refractivity contribution in [3.05, 3.63) is 52.5 Å². The molecule has 4 nitrogen and oxygen atoms in total. The molecule has 0 unspecified atom stereocenters. The zero-order valence-corrected chi connectivity index (χ0v) is 15.0. The standard InChI is InChI=1S/C18H20Cl2N2O2/c1-2-3-11-24-14-9-7-13(8-10-14)22-17(23)12-21-16-6-4-5-15(19)18(16)20/h4-10,21H,2-3,11-12H2,1H3,(H,22,23). The first-order chi connectivity index (χ1) is 11.6. The first-order valence-electron chi connectivity index (χ1n) is 7.80. The Morgan fingerprint density at radius 2 is 1.88 bits per heavy atom. The number of ether oxygens (including phenoxy) is 1. The minimum atomic E-state index is -0.175. The Hall–Kier alpha value is -1.91. The summed E-state index contributed by atoms with van der Waals surface area (Å²) >= 11 is 12.0. The summed E-state index contributed by atoms with van der Waals surface area (Å²) in [5.74, 6) is 0.621. The Labute approximate surface area is 152 Å². The minimum absolute atomic E-state index is 0.0921. The Morgan fingerprint density at radius 3 is 2.58 bits per heavy atom. The van der Waals surface area contributed by atoms with Crippen LogP contribution in [0.3, 0.4) is 0 Å². The van der Waals surface area contributed by atoms with Gasteiger partial charge in [0.25, 0.3) is 0 Å². The molecule has 0 bridgehead atoms. The highest BCUT2D eigenvalue weighted by atomic mass is 35.5. The fourth-order valence-electron chi connectivity index (χ4n) is 1.99. The number of hydrogen-bond donors (Lipinski definition) is 2. The van der Waals surface area contributed by atoms with Crippen molar-refractivity contribution in [3.8, 4) is 5.75 Å². The first kappa shape index (κ1) is 18.4. The average Bonchev–Trinajstić information content (AvgIpc) is 2.58. The van der Waals surface area contributed by atoms with Gasteiger partial charge >= 0.3 is 0 Å². The first-order valence-corrected chi connectivity index (χ1v) is 8.56. The van der Waals surface area contributed by atoms with Gasteiger partial charge in [0.2, 0.25) is 5.91 Å². The van der Waals surface area contributed by atoms with Crippen molar-refractivity contribution in [1.29, 1.82) is 0 Å². The van der Waals surface area contributed by atoms with Gasteiger partial charge in [0.15, 0.2) is 0 Å². The van der Waals surface area contributed by atoms with E-state index >= 15 is 0 Å². The van der Waals surface area contributed by atoms with E-state index in [-0.39, 0.29) is 12.5 Å². The van der Waals surface area contributed by atoms with E-state index in [2.05, 4.69) is 17.6 Å². The molecule has 2 aromatic carbocycles. The third-order valence-corrected chi connectivity index (χ3v) is 4.11. The van der Waals surface area contributed by atoms with Crippen molar-refractivity contribution in [2.24, 2.45) is 0 Å². The number of nitrogens with one attached hydrogen (secondary N) is 2. The molecular formula is C18H20Cl2N2O2. The van der Waals surface area contributed by atoms with E-state index in [4.69, 9.17) is 27.9 Å². The molecule has 2 N–H and O–H groups in total. The van der Waals surface area contributed by atoms with Crippen LogP contribution in [0, 0.1) is 0 Å². The highest BCUT2D eigenvalue weighted by molar-refractivity contribution is 6.43. The maximum absolute atomic E-state index is 12.0. The van der Waals surface area contributed by atoms with E-state index in [0.717, 1.165) is 18.6 Å². The quantitative estimate of drug-likeness (QED) is 0.629. The minimum Gasteiger partial charge on any atom is -0.494 e. The van der Waals surface area contributed by atoms with Gasteiger partial charge < -0.3 is 15.4 Å². The number of benzene rings is 2. The average molecular weight is 367 g/mol. The van der Waals surface area contributed by atoms with E-state index in [1.54, 1.807) is 18.2 Å². The van der Waals surface area contributed by atoms with Gasteiger partial charge in [-0.15, -0.1) is 0 Å². The van der Waals surface area contributed by atoms with Crippen LogP contribution >= 0.6 is 23.2 Å². The third-order valence-electron chi connectivity index (χ3n) is 3.30. The van der Waals surface area contributed by atoms with E-state index < -0.39 is 0 Å². The molecule has 2 aromatic rings. The number of hydrogen-bond acceptors (Lipinski definition) is 3. The fraction of sp³-hybridized carbons (Fsp3) is 0.278. The molecule has 2 rings (SSSR count). The van der Waals surface area contributed by atoms with E-state index in [1.807, 2.05) is 24.3 Å². The van der Waals surface area contributed by atoms with Gasteiger partial charge in [-0.05, 0) is 42.8 Å². The summed E-state index contributed by atoms with van der Waals surface area (Å²) in [7, 11) is 0. The van der Waals surface area contributed by atoms with Crippen LogP contribution in [0.15, 0.2) is 42.5 Å². The van der Waals surface area contributed by atoms with Crippen LogP contribution in [0.2, 0.25) is 10.0 Å². The molecule has 0 aliphatic carbocycles. The molecule has 0 saturated heterocycles. The van der Waals surface area contributed by atoms with Crippen LogP contribution in [0.4, 0.5) is 11.4 Å². The van der Waals surface area contributed by atoms with Crippen LogP contribution in [0.1, 0.15) is 19.8 Å². The summed E-state index contributed by atoms with van der Waals surface area (Å²) in [4.78, 5) is 12.0. The Bertz CT molecular complexity index is 675. The predicted octanol–water partition coefficient (Wildman–Crippen LogP) is 5.22. The summed E-state index contributed by atoms with van der Waals surface area (Å²) in [6.45, 7) is 2.91. The summed E-state index contributed by atoms with van der Waals surface area (Å²) < 4.78 is 5.58. The van der Waals surface area contributed by atoms with Gasteiger partial charge in [-0.2, -0.15) is 0 Å². The molecule has 0 saturated carbocycles. The number of halogens is 2. The number of anilines is 2. The zero-order valence-electron chi connectivity index (χ0n) is 13.4. The lowest BCUT2D eigenvalue weighted by Crippen LogP contribution is -2.21. The van der Waals surface area contributed by atoms with Gasteiger partial charge in [0, 0.05) is 5.69 Å². The van der Waals surface area contributed by atoms with Gasteiger partial charge in [0.1, 0.15) is 5.75 Å². The third kappa shape index (κ3) is 5.62. The second-order valence-corrected chi connectivity index (χ2v) is 6.01. The van der Waals surface area contributed by atoms with E-state index in [0.29, 0.717) is 28.0 Å². The molecule has 0 aliphatic heterocycles. The van der Waals surface area contributed by atoms with Gasteiger partial charge in [0.05, 0.1) is 28.9 Å². The maximum Gasteiger partial charge on any atom is 0.243 e. The smallest absolute Gasteiger partial charge is 0.243 e. The summed E-state index contributed by atoms with van der Waals surface area (Å²) in [6.07, 6.45) is 2.12. The van der Waals surface area contributed by atoms with Crippen molar-refractivity contribution < 1.29 is 9.53 Å². The molecule has 0 fully saturated rings. The summed E-state index contributed by atoms with van der Waals surface area (Å²) in [5, 5.41) is 6.62. The SMILES string of the molecule is CCCCOc1ccc(NC(=O)CNc2cccc(Cl)c2Cl)cc1. The van der Waals surface area contributed by atoms with Crippen LogP contribution in [-0.4, -0.2) is 19.1 Å². The lowest BCUT2D eigenvalue weighted by molar-refractivity contribution is -0.114. The van der Waals surface area contributed by atoms with Crippen LogP contribution in [0.25, 0.3) is 0 Å². The lowest BCUT2D eigenvalue weighted by atomic mass is 10.3. The molecule has 0 aromatic heterocycles. The molecule has 0 aliphatic rings. The normalized spacial score (nSPS) is 10.3. The number of carbonyl (C=O) groups is 1. The number of carbonyl (C=O) groups excluding carboxylic acids is 1. The molecular weight excluding hydrogens is 347 g/mol. The Balaban J connectivity index is 1.82. The molecule has 0 heterocycles. The second kappa shape index (κ2) is 9.40. The summed E-state index contributed by atoms with van der Waals surface area (Å²) in [6, 6.07) is 12.5. The van der Waals surface area contributed by atoms with Gasteiger partial charge in [-0.3, -0.25) is 4.79 Å². The van der Waals surface area contributed by atoms with Crippen LogP contribution < -0.4 is 15.4 Å². The second-order valence-electron chi connectivity index (χ2n) is 5.23. The van der Waals surface area contributed by atoms with Crippen molar-refractivity contribution in [3.63, 3.8) is 0 Å². The lowest BCUT2D eigenvalue weighted by Gasteiger charge is -2.10. The molecule has 128 valence electrons. The molecule has 0 spiro atoms. The molecule has 24 heavy (non-hydrogen) atoms. The molecule has 6 heteroatoms. The highest BCUT2D eigenvalue weighted by Crippen LogP contribution is 2.29. The molecule has 1 amide bonds. The molecule has 0 radical (unpaired) electrons. The Morgan fingerprint density at radius 1 is 1.12 bits per heavy atom. The van der Waals surface area contributed by atoms with Crippen molar-refractivity contribution in [2.75, 3.05) is 23.8 Å². The topological polar surface area (TPSA) is 50.4 Å². The van der Waals surface area contributed by atoms with E-state index in [1.165, 1.54) is 0 Å². The van der Waals surface area contributed by atoms with Gasteiger partial charge in [-0.1, -0.05) is 42.6 Å². The summed E-state index contributed by atoms with van der Waals surface area (Å²) in [5.41, 5.74) is 1.33. The fourth-order valence-corrected chi connectivity index (χ4v) is 2.36. The van der Waals surface area contributed by atoms with E-state index in [9.17, 15) is 4.79 Å². The molecule has 0 atom stereocenters. The van der Waals surface area contributed by atoms with Crippen molar-refractivity contribution >= 4 is 40.5 Å².